The first-order chi connectivity index (χ1) is 26.7. The molecule has 292 valence electrons. The van der Waals surface area contributed by atoms with Gasteiger partial charge in [0.05, 0.1) is 27.0 Å². The molecule has 15 heteroatoms. The predicted octanol–water partition coefficient (Wildman–Crippen LogP) is 2.28. The number of nitrogens with one attached hydrogen (secondary N) is 4. The van der Waals surface area contributed by atoms with Gasteiger partial charge in [0.15, 0.2) is 0 Å². The van der Waals surface area contributed by atoms with E-state index < -0.39 is 0 Å². The number of hydrogen-bond donors (Lipinski definition) is 4. The molecule has 7 rings (SSSR count). The second-order valence-corrected chi connectivity index (χ2v) is 14.7. The van der Waals surface area contributed by atoms with E-state index >= 15 is 0 Å². The van der Waals surface area contributed by atoms with Gasteiger partial charge in [-0.05, 0) is 73.7 Å². The van der Waals surface area contributed by atoms with Crippen LogP contribution in [0, 0.1) is 0 Å². The second kappa shape index (κ2) is 17.0. The van der Waals surface area contributed by atoms with Gasteiger partial charge in [-0.1, -0.05) is 12.1 Å². The average molecular weight is 754 g/mol. The molecule has 15 nitrogen and oxygen atoms in total. The van der Waals surface area contributed by atoms with Crippen LogP contribution in [-0.4, -0.2) is 126 Å². The van der Waals surface area contributed by atoms with Crippen LogP contribution in [0.4, 0.5) is 5.69 Å². The minimum atomic E-state index is -0.374. The van der Waals surface area contributed by atoms with E-state index in [9.17, 15) is 19.2 Å². The van der Waals surface area contributed by atoms with Crippen molar-refractivity contribution in [3.63, 3.8) is 0 Å². The number of imide groups is 1. The lowest BCUT2D eigenvalue weighted by atomic mass is 9.89. The fraction of sp³-hybridized carbons (Fsp3) is 0.475. The number of aryl methyl sites for hydroxylation is 1. The van der Waals surface area contributed by atoms with Gasteiger partial charge in [0.25, 0.3) is 5.56 Å². The van der Waals surface area contributed by atoms with Crippen LogP contribution in [0.1, 0.15) is 42.7 Å². The fourth-order valence-corrected chi connectivity index (χ4v) is 7.98. The normalized spacial score (nSPS) is 18.7. The third-order valence-electron chi connectivity index (χ3n) is 11.3. The minimum absolute atomic E-state index is 0.0728. The number of aromatic amines is 1. The van der Waals surface area contributed by atoms with Crippen LogP contribution < -0.4 is 31.0 Å². The molecule has 3 saturated heterocycles. The van der Waals surface area contributed by atoms with E-state index in [1.165, 1.54) is 10.1 Å². The number of likely N-dealkylation sites (tertiary alicyclic amines) is 1. The first-order valence-corrected chi connectivity index (χ1v) is 19.1. The molecular weight excluding hydrogens is 702 g/mol. The molecule has 0 aliphatic carbocycles. The number of rotatable bonds is 13. The van der Waals surface area contributed by atoms with Gasteiger partial charge in [0, 0.05) is 87.7 Å². The highest BCUT2D eigenvalue weighted by molar-refractivity contribution is 6.01. The highest BCUT2D eigenvalue weighted by Gasteiger charge is 2.27. The summed E-state index contributed by atoms with van der Waals surface area (Å²) in [5.41, 5.74) is 4.96. The van der Waals surface area contributed by atoms with E-state index in [4.69, 9.17) is 9.47 Å². The molecule has 4 aromatic rings. The van der Waals surface area contributed by atoms with Gasteiger partial charge in [-0.3, -0.25) is 34.5 Å². The Balaban J connectivity index is 0.828. The molecule has 2 aromatic carbocycles. The second-order valence-electron chi connectivity index (χ2n) is 14.7. The number of anilines is 1. The van der Waals surface area contributed by atoms with Crippen LogP contribution in [0.25, 0.3) is 22.0 Å². The first kappa shape index (κ1) is 38.0. The monoisotopic (exact) mass is 753 g/mol. The van der Waals surface area contributed by atoms with E-state index in [1.807, 2.05) is 29.2 Å². The van der Waals surface area contributed by atoms with Crippen LogP contribution in [-0.2, 0) is 28.0 Å². The number of piperidine rings is 2. The number of pyridine rings is 1. The van der Waals surface area contributed by atoms with Crippen LogP contribution in [0.15, 0.2) is 53.6 Å². The maximum Gasteiger partial charge on any atom is 0.276 e. The van der Waals surface area contributed by atoms with Crippen molar-refractivity contribution < 1.29 is 23.9 Å². The zero-order chi connectivity index (χ0) is 38.5. The lowest BCUT2D eigenvalue weighted by Crippen LogP contribution is -2.52. The van der Waals surface area contributed by atoms with Gasteiger partial charge in [-0.2, -0.15) is 5.10 Å². The Bertz CT molecular complexity index is 2040. The van der Waals surface area contributed by atoms with Crippen LogP contribution >= 0.6 is 0 Å². The van der Waals surface area contributed by atoms with Gasteiger partial charge in [0.1, 0.15) is 23.1 Å². The zero-order valence-electron chi connectivity index (χ0n) is 31.9. The number of carbonyl (C=O) groups excluding carboxylic acids is 3. The number of methoxy groups -OCH3 is 2. The smallest absolute Gasteiger partial charge is 0.276 e. The lowest BCUT2D eigenvalue weighted by Gasteiger charge is -2.37. The molecule has 0 spiro atoms. The summed E-state index contributed by atoms with van der Waals surface area (Å²) in [6, 6.07) is 11.9. The largest absolute Gasteiger partial charge is 0.496 e. The van der Waals surface area contributed by atoms with Crippen molar-refractivity contribution in [1.29, 1.82) is 0 Å². The number of hydrogen-bond acceptors (Lipinski definition) is 11. The van der Waals surface area contributed by atoms with Crippen molar-refractivity contribution in [3.8, 4) is 22.6 Å². The number of nitrogens with zero attached hydrogens (tertiary/aromatic N) is 5. The average Bonchev–Trinajstić information content (AvgIpc) is 3.71. The molecule has 3 aliphatic rings. The Morgan fingerprint density at radius 2 is 1.58 bits per heavy atom. The predicted molar refractivity (Wildman–Crippen MR) is 209 cm³/mol. The number of amides is 3. The Hall–Kier alpha value is -5.25. The summed E-state index contributed by atoms with van der Waals surface area (Å²) in [6.07, 6.45) is 6.53. The van der Waals surface area contributed by atoms with Gasteiger partial charge in [-0.25, -0.2) is 0 Å². The van der Waals surface area contributed by atoms with Gasteiger partial charge in [-0.15, -0.1) is 0 Å². The number of piperazine rings is 1. The number of benzene rings is 2. The molecule has 2 aromatic heterocycles. The van der Waals surface area contributed by atoms with E-state index in [0.29, 0.717) is 60.8 Å². The SMILES string of the molecule is COc1cc(-c2cn(C)c(=O)c3[nH]ncc23)cc(OC)c1CNCC(=O)N1CCN(CCN2CCC(c3ccc(NC4CCC(=O)NC4=O)cc3)CC2)CC1. The van der Waals surface area contributed by atoms with E-state index in [0.717, 1.165) is 74.5 Å². The summed E-state index contributed by atoms with van der Waals surface area (Å²) in [6.45, 7) is 7.87. The summed E-state index contributed by atoms with van der Waals surface area (Å²) in [5, 5.41) is 16.6. The molecule has 3 fully saturated rings. The zero-order valence-corrected chi connectivity index (χ0v) is 31.9. The lowest BCUT2D eigenvalue weighted by molar-refractivity contribution is -0.134. The highest BCUT2D eigenvalue weighted by atomic mass is 16.5. The summed E-state index contributed by atoms with van der Waals surface area (Å²) < 4.78 is 13.1. The van der Waals surface area contributed by atoms with E-state index in [1.54, 1.807) is 33.7 Å². The number of ether oxygens (including phenoxy) is 2. The van der Waals surface area contributed by atoms with Gasteiger partial charge in [0.2, 0.25) is 17.7 Å². The third-order valence-corrected chi connectivity index (χ3v) is 11.3. The molecule has 5 heterocycles. The standard InChI is InChI=1S/C40H51N9O6/c1-46-25-32(30-23-42-45-38(30)40(46)53)28-20-34(54-2)31(35(21-28)55-3)22-41-24-37(51)49-18-16-48(17-19-49)15-14-47-12-10-27(11-13-47)26-4-6-29(7-5-26)43-33-8-9-36(50)44-39(33)52/h4-7,20-21,23,25,27,33,41,43H,8-19,22,24H2,1-3H3,(H,42,45)(H,44,50,52). The molecule has 0 saturated carbocycles. The van der Waals surface area contributed by atoms with E-state index in [-0.39, 0.29) is 35.9 Å². The summed E-state index contributed by atoms with van der Waals surface area (Å²) in [4.78, 5) is 56.2. The van der Waals surface area contributed by atoms with Crippen molar-refractivity contribution in [2.24, 2.45) is 7.05 Å². The van der Waals surface area contributed by atoms with Crippen molar-refractivity contribution in [1.82, 2.24) is 40.1 Å². The van der Waals surface area contributed by atoms with E-state index in [2.05, 4.69) is 48.1 Å². The third kappa shape index (κ3) is 8.69. The molecule has 3 aliphatic heterocycles. The number of carbonyl (C=O) groups is 3. The van der Waals surface area contributed by atoms with Crippen LogP contribution in [0.2, 0.25) is 0 Å². The Kier molecular flexibility index (Phi) is 11.8. The molecule has 1 unspecified atom stereocenters. The number of aromatic nitrogens is 3. The maximum atomic E-state index is 13.2. The van der Waals surface area contributed by atoms with Gasteiger partial charge < -0.3 is 34.5 Å². The summed E-state index contributed by atoms with van der Waals surface area (Å²) in [7, 11) is 4.92. The molecule has 3 amide bonds. The van der Waals surface area contributed by atoms with Crippen molar-refractivity contribution in [3.05, 3.63) is 70.3 Å². The summed E-state index contributed by atoms with van der Waals surface area (Å²) >= 11 is 0. The Morgan fingerprint density at radius 3 is 2.24 bits per heavy atom. The number of fused-ring (bicyclic) bond motifs is 1. The van der Waals surface area contributed by atoms with Crippen molar-refractivity contribution >= 4 is 34.3 Å². The highest BCUT2D eigenvalue weighted by Crippen LogP contribution is 2.37. The maximum absolute atomic E-state index is 13.2. The van der Waals surface area contributed by atoms with Crippen LogP contribution in [0.5, 0.6) is 11.5 Å². The fourth-order valence-electron chi connectivity index (χ4n) is 7.98. The number of H-pyrrole nitrogens is 1. The minimum Gasteiger partial charge on any atom is -0.496 e. The Labute approximate surface area is 320 Å². The first-order valence-electron chi connectivity index (χ1n) is 19.1. The molecule has 1 atom stereocenters. The van der Waals surface area contributed by atoms with Crippen molar-refractivity contribution in [2.75, 3.05) is 78.4 Å². The molecule has 0 radical (unpaired) electrons. The Morgan fingerprint density at radius 1 is 0.909 bits per heavy atom. The summed E-state index contributed by atoms with van der Waals surface area (Å²) in [5.74, 6) is 1.37. The molecule has 0 bridgehead atoms. The van der Waals surface area contributed by atoms with Crippen LogP contribution in [0.3, 0.4) is 0 Å². The quantitative estimate of drug-likeness (QED) is 0.148. The topological polar surface area (TPSA) is 166 Å². The molecule has 55 heavy (non-hydrogen) atoms. The van der Waals surface area contributed by atoms with Crippen molar-refractivity contribution in [2.45, 2.75) is 44.2 Å². The molecular formula is C40H51N9O6. The molecule has 4 N–H and O–H groups in total. The van der Waals surface area contributed by atoms with Gasteiger partial charge >= 0.3 is 0 Å².